The van der Waals surface area contributed by atoms with Gasteiger partial charge in [0, 0.05) is 38.2 Å². The number of benzene rings is 1. The molecule has 0 bridgehead atoms. The summed E-state index contributed by atoms with van der Waals surface area (Å²) in [5, 5.41) is 10.6. The van der Waals surface area contributed by atoms with Crippen LogP contribution < -0.4 is 0 Å². The van der Waals surface area contributed by atoms with Crippen LogP contribution in [0.3, 0.4) is 0 Å². The van der Waals surface area contributed by atoms with Gasteiger partial charge in [0.1, 0.15) is 5.82 Å². The van der Waals surface area contributed by atoms with Crippen LogP contribution in [0.4, 0.5) is 0 Å². The van der Waals surface area contributed by atoms with Gasteiger partial charge in [-0.2, -0.15) is 0 Å². The fraction of sp³-hybridized carbons (Fsp3) is 0.250. The number of halogens is 2. The molecule has 7 heteroatoms. The molecule has 0 aliphatic rings. The molecule has 2 aromatic heterocycles. The maximum Gasteiger partial charge on any atom is 0.191 e. The van der Waals surface area contributed by atoms with E-state index in [1.165, 1.54) is 5.69 Å². The molecule has 120 valence electrons. The molecule has 0 fully saturated rings. The molecule has 0 saturated heterocycles. The van der Waals surface area contributed by atoms with Gasteiger partial charge in [-0.05, 0) is 29.8 Å². The summed E-state index contributed by atoms with van der Waals surface area (Å²) in [4.78, 5) is 0. The molecule has 0 saturated carbocycles. The molecular formula is C16H16Cl2N4S. The van der Waals surface area contributed by atoms with Gasteiger partial charge in [-0.3, -0.25) is 0 Å². The number of aromatic nitrogens is 4. The Hall–Kier alpha value is -1.43. The van der Waals surface area contributed by atoms with E-state index >= 15 is 0 Å². The molecule has 0 amide bonds. The van der Waals surface area contributed by atoms with Crippen LogP contribution in [0.15, 0.2) is 41.7 Å². The van der Waals surface area contributed by atoms with Crippen LogP contribution in [0.25, 0.3) is 0 Å². The third kappa shape index (κ3) is 3.74. The summed E-state index contributed by atoms with van der Waals surface area (Å²) in [6, 6.07) is 9.81. The summed E-state index contributed by atoms with van der Waals surface area (Å²) in [5.41, 5.74) is 2.32. The fourth-order valence-electron chi connectivity index (χ4n) is 2.24. The first-order valence-electron chi connectivity index (χ1n) is 7.10. The van der Waals surface area contributed by atoms with Gasteiger partial charge >= 0.3 is 0 Å². The van der Waals surface area contributed by atoms with Crippen molar-refractivity contribution in [1.29, 1.82) is 0 Å². The molecule has 0 spiro atoms. The van der Waals surface area contributed by atoms with Gasteiger partial charge in [-0.1, -0.05) is 41.0 Å². The summed E-state index contributed by atoms with van der Waals surface area (Å²) in [7, 11) is 4.03. The number of aryl methyl sites for hydroxylation is 1. The lowest BCUT2D eigenvalue weighted by Crippen LogP contribution is -2.03. The molecule has 1 aromatic carbocycles. The largest absolute Gasteiger partial charge is 0.354 e. The first-order valence-corrected chi connectivity index (χ1v) is 8.84. The Labute approximate surface area is 149 Å². The van der Waals surface area contributed by atoms with Gasteiger partial charge in [0.25, 0.3) is 0 Å². The number of thioether (sulfide) groups is 1. The number of hydrogen-bond acceptors (Lipinski definition) is 3. The average molecular weight is 367 g/mol. The Morgan fingerprint density at radius 3 is 2.61 bits per heavy atom. The number of hydrogen-bond donors (Lipinski definition) is 0. The predicted molar refractivity (Wildman–Crippen MR) is 95.2 cm³/mol. The maximum atomic E-state index is 6.05. The number of nitrogens with zero attached hydrogens (tertiary/aromatic N) is 4. The van der Waals surface area contributed by atoms with E-state index in [0.717, 1.165) is 28.7 Å². The summed E-state index contributed by atoms with van der Waals surface area (Å²) in [6.45, 7) is 0. The van der Waals surface area contributed by atoms with Gasteiger partial charge in [0.15, 0.2) is 5.16 Å². The van der Waals surface area contributed by atoms with Crippen molar-refractivity contribution < 1.29 is 0 Å². The van der Waals surface area contributed by atoms with Gasteiger partial charge in [-0.25, -0.2) is 0 Å². The summed E-state index contributed by atoms with van der Waals surface area (Å²) in [5.74, 6) is 1.72. The smallest absolute Gasteiger partial charge is 0.191 e. The van der Waals surface area contributed by atoms with Gasteiger partial charge in [0.05, 0.1) is 10.0 Å². The monoisotopic (exact) mass is 366 g/mol. The van der Waals surface area contributed by atoms with E-state index < -0.39 is 0 Å². The number of rotatable bonds is 5. The third-order valence-corrected chi connectivity index (χ3v) is 5.50. The van der Waals surface area contributed by atoms with Crippen molar-refractivity contribution in [2.24, 2.45) is 14.1 Å². The molecule has 0 N–H and O–H groups in total. The lowest BCUT2D eigenvalue weighted by molar-refractivity contribution is 0.731. The van der Waals surface area contributed by atoms with Crippen molar-refractivity contribution in [1.82, 2.24) is 19.3 Å². The highest BCUT2D eigenvalue weighted by molar-refractivity contribution is 7.98. The minimum absolute atomic E-state index is 0.573. The Kier molecular flexibility index (Phi) is 4.99. The summed E-state index contributed by atoms with van der Waals surface area (Å²) in [6.07, 6.45) is 2.80. The molecule has 0 aliphatic carbocycles. The quantitative estimate of drug-likeness (QED) is 0.629. The van der Waals surface area contributed by atoms with E-state index in [1.54, 1.807) is 11.8 Å². The summed E-state index contributed by atoms with van der Waals surface area (Å²) < 4.78 is 4.13. The highest BCUT2D eigenvalue weighted by Crippen LogP contribution is 2.27. The molecule has 2 heterocycles. The van der Waals surface area contributed by atoms with Crippen LogP contribution in [0.5, 0.6) is 0 Å². The van der Waals surface area contributed by atoms with Crippen molar-refractivity contribution >= 4 is 35.0 Å². The molecule has 0 radical (unpaired) electrons. The SMILES string of the molecule is Cn1cccc1Cc1nnc(SCc2ccc(Cl)c(Cl)c2)n1C. The van der Waals surface area contributed by atoms with Gasteiger partial charge in [0.2, 0.25) is 0 Å². The third-order valence-electron chi connectivity index (χ3n) is 3.67. The molecule has 0 aliphatic heterocycles. The zero-order valence-electron chi connectivity index (χ0n) is 12.8. The topological polar surface area (TPSA) is 35.6 Å². The second kappa shape index (κ2) is 6.99. The van der Waals surface area contributed by atoms with Crippen LogP contribution in [-0.2, 0) is 26.3 Å². The molecule has 4 nitrogen and oxygen atoms in total. The standard InChI is InChI=1S/C16H16Cl2N4S/c1-21-7-3-4-12(21)9-15-19-20-16(22(15)2)23-10-11-5-6-13(17)14(18)8-11/h3-8H,9-10H2,1-2H3. The van der Waals surface area contributed by atoms with E-state index in [9.17, 15) is 0 Å². The Morgan fingerprint density at radius 1 is 1.09 bits per heavy atom. The van der Waals surface area contributed by atoms with E-state index in [4.69, 9.17) is 23.2 Å². The van der Waals surface area contributed by atoms with E-state index in [-0.39, 0.29) is 0 Å². The highest BCUT2D eigenvalue weighted by atomic mass is 35.5. The highest BCUT2D eigenvalue weighted by Gasteiger charge is 2.11. The zero-order chi connectivity index (χ0) is 16.4. The van der Waals surface area contributed by atoms with Crippen LogP contribution in [0.1, 0.15) is 17.1 Å². The van der Waals surface area contributed by atoms with Gasteiger partial charge < -0.3 is 9.13 Å². The first kappa shape index (κ1) is 16.4. The summed E-state index contributed by atoms with van der Waals surface area (Å²) >= 11 is 13.6. The fourth-order valence-corrected chi connectivity index (χ4v) is 3.44. The average Bonchev–Trinajstić information content (AvgIpc) is 3.08. The Morgan fingerprint density at radius 2 is 1.91 bits per heavy atom. The Bertz CT molecular complexity index is 825. The van der Waals surface area contributed by atoms with Gasteiger partial charge in [-0.15, -0.1) is 10.2 Å². The van der Waals surface area contributed by atoms with Crippen LogP contribution in [-0.4, -0.2) is 19.3 Å². The molecule has 23 heavy (non-hydrogen) atoms. The first-order chi connectivity index (χ1) is 11.0. The van der Waals surface area contributed by atoms with Crippen molar-refractivity contribution in [2.75, 3.05) is 0 Å². The van der Waals surface area contributed by atoms with Crippen molar-refractivity contribution in [3.8, 4) is 0 Å². The van der Waals surface area contributed by atoms with Crippen LogP contribution in [0.2, 0.25) is 10.0 Å². The van der Waals surface area contributed by atoms with E-state index in [2.05, 4.69) is 20.8 Å². The molecule has 0 atom stereocenters. The molecular weight excluding hydrogens is 351 g/mol. The van der Waals surface area contributed by atoms with Crippen LogP contribution in [0, 0.1) is 0 Å². The van der Waals surface area contributed by atoms with Crippen molar-refractivity contribution in [3.05, 3.63) is 63.7 Å². The lowest BCUT2D eigenvalue weighted by atomic mass is 10.2. The molecule has 0 unspecified atom stereocenters. The molecule has 3 aromatic rings. The lowest BCUT2D eigenvalue weighted by Gasteiger charge is -2.06. The Balaban J connectivity index is 1.69. The van der Waals surface area contributed by atoms with Crippen molar-refractivity contribution in [2.45, 2.75) is 17.3 Å². The maximum absolute atomic E-state index is 6.05. The molecule has 3 rings (SSSR count). The van der Waals surface area contributed by atoms with E-state index in [1.807, 2.05) is 49.1 Å². The second-order valence-electron chi connectivity index (χ2n) is 5.28. The van der Waals surface area contributed by atoms with E-state index in [0.29, 0.717) is 10.0 Å². The van der Waals surface area contributed by atoms with Crippen molar-refractivity contribution in [3.63, 3.8) is 0 Å². The second-order valence-corrected chi connectivity index (χ2v) is 7.04. The normalized spacial score (nSPS) is 11.1. The minimum atomic E-state index is 0.573. The van der Waals surface area contributed by atoms with Crippen LogP contribution >= 0.6 is 35.0 Å². The minimum Gasteiger partial charge on any atom is -0.354 e. The predicted octanol–water partition coefficient (Wildman–Crippen LogP) is 4.34. The zero-order valence-corrected chi connectivity index (χ0v) is 15.2.